The van der Waals surface area contributed by atoms with E-state index in [0.29, 0.717) is 46.8 Å². The Balaban J connectivity index is 1.97. The first-order valence-corrected chi connectivity index (χ1v) is 11.7. The Morgan fingerprint density at radius 1 is 1.06 bits per heavy atom. The second-order valence-corrected chi connectivity index (χ2v) is 8.45. The summed E-state index contributed by atoms with van der Waals surface area (Å²) in [4.78, 5) is 33.7. The highest BCUT2D eigenvalue weighted by Crippen LogP contribution is 2.28. The maximum atomic E-state index is 14.5. The molecule has 4 aromatic rings. The molecule has 1 atom stereocenters. The largest absolute Gasteiger partial charge is 0.328 e. The van der Waals surface area contributed by atoms with E-state index in [1.807, 2.05) is 19.9 Å². The van der Waals surface area contributed by atoms with Crippen LogP contribution in [0.1, 0.15) is 48.9 Å². The Kier molecular flexibility index (Phi) is 7.08. The number of para-hydroxylation sites is 1. The van der Waals surface area contributed by atoms with Gasteiger partial charge in [0.05, 0.1) is 28.2 Å². The monoisotopic (exact) mass is 477 g/mol. The molecule has 0 N–H and O–H groups in total. The standard InChI is InChI=1S/C27H25ClFN3O2/c1-3-16-31(26(33)20-12-5-7-14-22(20)29)24(4-2)25-30-23-15-8-6-13-21(23)27(34)32(25)19-11-9-10-18(28)17-19/h5-15,17,24H,3-4,16H2,1-2H3. The smallest absolute Gasteiger partial charge is 0.266 e. The van der Waals surface area contributed by atoms with Gasteiger partial charge in [-0.15, -0.1) is 0 Å². The summed E-state index contributed by atoms with van der Waals surface area (Å²) in [5.41, 5.74) is 0.830. The van der Waals surface area contributed by atoms with Gasteiger partial charge in [-0.25, -0.2) is 9.37 Å². The van der Waals surface area contributed by atoms with Crippen LogP contribution in [-0.2, 0) is 0 Å². The summed E-state index contributed by atoms with van der Waals surface area (Å²) in [6.07, 6.45) is 1.14. The SMILES string of the molecule is CCCN(C(=O)c1ccccc1F)C(CC)c1nc2ccccc2c(=O)n1-c1cccc(Cl)c1. The third-order valence-corrected chi connectivity index (χ3v) is 5.99. The minimum atomic E-state index is -0.581. The van der Waals surface area contributed by atoms with E-state index in [1.54, 1.807) is 59.5 Å². The van der Waals surface area contributed by atoms with Gasteiger partial charge in [0.1, 0.15) is 11.6 Å². The fraction of sp³-hybridized carbons (Fsp3) is 0.222. The molecule has 0 spiro atoms. The lowest BCUT2D eigenvalue weighted by Gasteiger charge is -2.32. The van der Waals surface area contributed by atoms with E-state index in [9.17, 15) is 14.0 Å². The van der Waals surface area contributed by atoms with Crippen LogP contribution in [0.5, 0.6) is 0 Å². The number of hydrogen-bond donors (Lipinski definition) is 0. The zero-order chi connectivity index (χ0) is 24.2. The van der Waals surface area contributed by atoms with Crippen molar-refractivity contribution in [3.05, 3.63) is 105 Å². The summed E-state index contributed by atoms with van der Waals surface area (Å²) in [5.74, 6) is -0.611. The number of aromatic nitrogens is 2. The van der Waals surface area contributed by atoms with Gasteiger partial charge in [-0.05, 0) is 55.3 Å². The number of fused-ring (bicyclic) bond motifs is 1. The lowest BCUT2D eigenvalue weighted by atomic mass is 10.1. The second-order valence-electron chi connectivity index (χ2n) is 8.01. The van der Waals surface area contributed by atoms with Gasteiger partial charge in [0.2, 0.25) is 0 Å². The minimum Gasteiger partial charge on any atom is -0.328 e. The summed E-state index contributed by atoms with van der Waals surface area (Å²) < 4.78 is 16.1. The Labute approximate surface area is 202 Å². The van der Waals surface area contributed by atoms with Crippen molar-refractivity contribution in [1.29, 1.82) is 0 Å². The number of rotatable bonds is 7. The molecule has 0 saturated carbocycles. The molecule has 7 heteroatoms. The number of halogens is 2. The molecule has 1 unspecified atom stereocenters. The van der Waals surface area contributed by atoms with Crippen molar-refractivity contribution in [3.8, 4) is 5.69 Å². The molecule has 34 heavy (non-hydrogen) atoms. The third-order valence-electron chi connectivity index (χ3n) is 5.76. The van der Waals surface area contributed by atoms with Crippen LogP contribution in [0, 0.1) is 5.82 Å². The molecule has 0 aliphatic heterocycles. The predicted octanol–water partition coefficient (Wildman–Crippen LogP) is 6.18. The number of benzene rings is 3. The van der Waals surface area contributed by atoms with Gasteiger partial charge in [0, 0.05) is 11.6 Å². The van der Waals surface area contributed by atoms with Crippen LogP contribution in [0.2, 0.25) is 5.02 Å². The summed E-state index contributed by atoms with van der Waals surface area (Å²) in [5, 5.41) is 0.938. The molecule has 3 aromatic carbocycles. The molecule has 0 bridgehead atoms. The highest BCUT2D eigenvalue weighted by molar-refractivity contribution is 6.30. The number of nitrogens with zero attached hydrogens (tertiary/aromatic N) is 3. The summed E-state index contributed by atoms with van der Waals surface area (Å²) in [7, 11) is 0. The van der Waals surface area contributed by atoms with Crippen LogP contribution < -0.4 is 5.56 Å². The van der Waals surface area contributed by atoms with Crippen molar-refractivity contribution in [2.75, 3.05) is 6.54 Å². The maximum absolute atomic E-state index is 14.5. The molecule has 1 amide bonds. The molecule has 4 rings (SSSR count). The lowest BCUT2D eigenvalue weighted by molar-refractivity contribution is 0.0654. The van der Waals surface area contributed by atoms with Gasteiger partial charge in [0.25, 0.3) is 11.5 Å². The normalized spacial score (nSPS) is 12.0. The van der Waals surface area contributed by atoms with E-state index in [2.05, 4.69) is 0 Å². The van der Waals surface area contributed by atoms with Crippen molar-refractivity contribution in [1.82, 2.24) is 14.5 Å². The van der Waals surface area contributed by atoms with Crippen molar-refractivity contribution >= 4 is 28.4 Å². The molecule has 0 fully saturated rings. The maximum Gasteiger partial charge on any atom is 0.266 e. The second kappa shape index (κ2) is 10.2. The molecule has 174 valence electrons. The van der Waals surface area contributed by atoms with Crippen LogP contribution >= 0.6 is 11.6 Å². The molecule has 0 aliphatic rings. The predicted molar refractivity (Wildman–Crippen MR) is 133 cm³/mol. The number of hydrogen-bond acceptors (Lipinski definition) is 3. The van der Waals surface area contributed by atoms with Gasteiger partial charge >= 0.3 is 0 Å². The Morgan fingerprint density at radius 3 is 2.50 bits per heavy atom. The average Bonchev–Trinajstić information content (AvgIpc) is 2.84. The minimum absolute atomic E-state index is 0.00755. The summed E-state index contributed by atoms with van der Waals surface area (Å²) in [6, 6.07) is 19.4. The molecule has 5 nitrogen and oxygen atoms in total. The topological polar surface area (TPSA) is 55.2 Å². The first-order valence-electron chi connectivity index (χ1n) is 11.3. The third kappa shape index (κ3) is 4.46. The van der Waals surface area contributed by atoms with Crippen LogP contribution in [0.25, 0.3) is 16.6 Å². The van der Waals surface area contributed by atoms with Gasteiger partial charge in [-0.2, -0.15) is 0 Å². The molecule has 0 saturated heterocycles. The molecule has 1 aromatic heterocycles. The Morgan fingerprint density at radius 2 is 1.79 bits per heavy atom. The fourth-order valence-corrected chi connectivity index (χ4v) is 4.39. The van der Waals surface area contributed by atoms with Crippen LogP contribution in [-0.4, -0.2) is 26.9 Å². The number of amides is 1. The van der Waals surface area contributed by atoms with E-state index in [4.69, 9.17) is 16.6 Å². The van der Waals surface area contributed by atoms with Gasteiger partial charge in [0.15, 0.2) is 0 Å². The zero-order valence-corrected chi connectivity index (χ0v) is 19.8. The van der Waals surface area contributed by atoms with Crippen LogP contribution in [0.15, 0.2) is 77.6 Å². The van der Waals surface area contributed by atoms with E-state index in [0.717, 1.165) is 0 Å². The lowest BCUT2D eigenvalue weighted by Crippen LogP contribution is -2.39. The van der Waals surface area contributed by atoms with Crippen LogP contribution in [0.4, 0.5) is 4.39 Å². The number of carbonyl (C=O) groups is 1. The van der Waals surface area contributed by atoms with E-state index in [-0.39, 0.29) is 11.1 Å². The Bertz CT molecular complexity index is 1400. The highest BCUT2D eigenvalue weighted by Gasteiger charge is 2.30. The summed E-state index contributed by atoms with van der Waals surface area (Å²) >= 11 is 6.25. The van der Waals surface area contributed by atoms with Gasteiger partial charge < -0.3 is 4.90 Å². The first kappa shape index (κ1) is 23.6. The average molecular weight is 478 g/mol. The molecule has 0 radical (unpaired) electrons. The molecular formula is C27H25ClFN3O2. The van der Waals surface area contributed by atoms with Crippen molar-refractivity contribution in [2.24, 2.45) is 0 Å². The van der Waals surface area contributed by atoms with Gasteiger partial charge in [-0.3, -0.25) is 14.2 Å². The molecular weight excluding hydrogens is 453 g/mol. The molecule has 0 aliphatic carbocycles. The van der Waals surface area contributed by atoms with Crippen molar-refractivity contribution < 1.29 is 9.18 Å². The quantitative estimate of drug-likeness (QED) is 0.319. The zero-order valence-electron chi connectivity index (χ0n) is 19.0. The van der Waals surface area contributed by atoms with Crippen molar-refractivity contribution in [3.63, 3.8) is 0 Å². The van der Waals surface area contributed by atoms with E-state index < -0.39 is 17.8 Å². The fourth-order valence-electron chi connectivity index (χ4n) is 4.21. The van der Waals surface area contributed by atoms with E-state index in [1.165, 1.54) is 16.7 Å². The first-order chi connectivity index (χ1) is 16.5. The van der Waals surface area contributed by atoms with Crippen molar-refractivity contribution in [2.45, 2.75) is 32.7 Å². The molecule has 1 heterocycles. The number of carbonyl (C=O) groups excluding carboxylic acids is 1. The Hall–Kier alpha value is -3.51. The van der Waals surface area contributed by atoms with E-state index >= 15 is 0 Å². The summed E-state index contributed by atoms with van der Waals surface area (Å²) in [6.45, 7) is 4.25. The van der Waals surface area contributed by atoms with Gasteiger partial charge in [-0.1, -0.05) is 55.8 Å². The highest BCUT2D eigenvalue weighted by atomic mass is 35.5. The van der Waals surface area contributed by atoms with Crippen LogP contribution in [0.3, 0.4) is 0 Å².